The van der Waals surface area contributed by atoms with E-state index in [4.69, 9.17) is 27.7 Å². The number of halogens is 2. The number of carbonyl (C=O) groups is 1. The number of aryl methyl sites for hydroxylation is 1. The molecule has 1 aromatic heterocycles. The molecule has 20 heavy (non-hydrogen) atoms. The molecule has 0 radical (unpaired) electrons. The molecule has 0 aliphatic heterocycles. The first-order chi connectivity index (χ1) is 9.47. The summed E-state index contributed by atoms with van der Waals surface area (Å²) in [5.74, 6) is 0.276. The van der Waals surface area contributed by atoms with Crippen LogP contribution in [-0.4, -0.2) is 29.6 Å². The van der Waals surface area contributed by atoms with Crippen LogP contribution in [0, 0.1) is 6.92 Å². The molecule has 0 unspecified atom stereocenters. The van der Waals surface area contributed by atoms with Gasteiger partial charge in [-0.15, -0.1) is 0 Å². The number of hydrogen-bond donors (Lipinski definition) is 0. The number of hydrogen-bond acceptors (Lipinski definition) is 3. The lowest BCUT2D eigenvalue weighted by molar-refractivity contribution is 0.0801. The van der Waals surface area contributed by atoms with Crippen molar-refractivity contribution in [1.82, 2.24) is 10.1 Å². The van der Waals surface area contributed by atoms with Crippen molar-refractivity contribution in [2.75, 3.05) is 13.6 Å². The van der Waals surface area contributed by atoms with Gasteiger partial charge in [-0.25, -0.2) is 0 Å². The van der Waals surface area contributed by atoms with Gasteiger partial charge in [0.2, 0.25) is 0 Å². The molecule has 0 atom stereocenters. The van der Waals surface area contributed by atoms with Gasteiger partial charge in [0.05, 0.1) is 10.0 Å². The fourth-order valence-corrected chi connectivity index (χ4v) is 2.43. The Balaban J connectivity index is 2.63. The molecule has 0 fully saturated rings. The van der Waals surface area contributed by atoms with Crippen LogP contribution >= 0.6 is 23.2 Å². The summed E-state index contributed by atoms with van der Waals surface area (Å²) < 4.78 is 5.16. The van der Waals surface area contributed by atoms with Crippen molar-refractivity contribution in [2.24, 2.45) is 0 Å². The van der Waals surface area contributed by atoms with E-state index in [1.165, 1.54) is 0 Å². The van der Waals surface area contributed by atoms with Crippen molar-refractivity contribution in [3.05, 3.63) is 39.6 Å². The normalized spacial score (nSPS) is 10.7. The minimum absolute atomic E-state index is 0.169. The average molecular weight is 313 g/mol. The van der Waals surface area contributed by atoms with Gasteiger partial charge in [0.1, 0.15) is 17.0 Å². The van der Waals surface area contributed by atoms with Crippen LogP contribution in [-0.2, 0) is 0 Å². The van der Waals surface area contributed by atoms with Crippen molar-refractivity contribution >= 4 is 29.1 Å². The van der Waals surface area contributed by atoms with Gasteiger partial charge in [-0.05, 0) is 26.0 Å². The van der Waals surface area contributed by atoms with E-state index in [0.29, 0.717) is 39.2 Å². The third-order valence-electron chi connectivity index (χ3n) is 3.10. The lowest BCUT2D eigenvalue weighted by atomic mass is 10.1. The monoisotopic (exact) mass is 312 g/mol. The van der Waals surface area contributed by atoms with Gasteiger partial charge in [0.15, 0.2) is 0 Å². The maximum absolute atomic E-state index is 12.4. The lowest BCUT2D eigenvalue weighted by Crippen LogP contribution is -2.26. The highest BCUT2D eigenvalue weighted by Crippen LogP contribution is 2.36. The topological polar surface area (TPSA) is 46.3 Å². The minimum Gasteiger partial charge on any atom is -0.360 e. The van der Waals surface area contributed by atoms with Gasteiger partial charge in [0.25, 0.3) is 5.91 Å². The second-order valence-electron chi connectivity index (χ2n) is 4.38. The molecular formula is C14H14Cl2N2O2. The quantitative estimate of drug-likeness (QED) is 0.859. The predicted octanol–water partition coefficient (Wildman–Crippen LogP) is 4.05. The van der Waals surface area contributed by atoms with E-state index in [0.717, 1.165) is 0 Å². The first-order valence-electron chi connectivity index (χ1n) is 6.13. The second-order valence-corrected chi connectivity index (χ2v) is 5.19. The smallest absolute Gasteiger partial charge is 0.259 e. The highest BCUT2D eigenvalue weighted by Gasteiger charge is 2.26. The molecule has 0 aliphatic carbocycles. The predicted molar refractivity (Wildman–Crippen MR) is 79.3 cm³/mol. The molecule has 6 heteroatoms. The van der Waals surface area contributed by atoms with Crippen LogP contribution < -0.4 is 0 Å². The Morgan fingerprint density at radius 3 is 2.50 bits per heavy atom. The van der Waals surface area contributed by atoms with Gasteiger partial charge in [-0.3, -0.25) is 4.79 Å². The van der Waals surface area contributed by atoms with E-state index in [9.17, 15) is 4.79 Å². The number of rotatable bonds is 3. The molecule has 4 nitrogen and oxygen atoms in total. The zero-order valence-electron chi connectivity index (χ0n) is 11.4. The number of benzene rings is 1. The van der Waals surface area contributed by atoms with Crippen LogP contribution in [0.1, 0.15) is 23.0 Å². The Hall–Kier alpha value is -1.52. The molecule has 0 N–H and O–H groups in total. The van der Waals surface area contributed by atoms with Gasteiger partial charge in [-0.1, -0.05) is 34.4 Å². The zero-order valence-corrected chi connectivity index (χ0v) is 12.9. The fraction of sp³-hybridized carbons (Fsp3) is 0.286. The van der Waals surface area contributed by atoms with Crippen LogP contribution in [0.4, 0.5) is 0 Å². The number of amides is 1. The Morgan fingerprint density at radius 1 is 1.35 bits per heavy atom. The summed E-state index contributed by atoms with van der Waals surface area (Å²) in [7, 11) is 1.72. The molecule has 0 aliphatic rings. The Bertz CT molecular complexity index is 632. The maximum Gasteiger partial charge on any atom is 0.259 e. The third kappa shape index (κ3) is 2.53. The first-order valence-corrected chi connectivity index (χ1v) is 6.89. The van der Waals surface area contributed by atoms with Crippen LogP contribution in [0.2, 0.25) is 10.0 Å². The molecule has 1 aromatic carbocycles. The van der Waals surface area contributed by atoms with Crippen LogP contribution in [0.15, 0.2) is 22.7 Å². The standard InChI is InChI=1S/C14H14Cl2N2O2/c1-4-18(3)14(19)11-8(2)20-17-13(11)12-9(15)6-5-7-10(12)16/h5-7H,4H2,1-3H3. The molecule has 0 saturated carbocycles. The van der Waals surface area contributed by atoms with E-state index in [-0.39, 0.29) is 5.91 Å². The fourth-order valence-electron chi connectivity index (χ4n) is 1.85. The summed E-state index contributed by atoms with van der Waals surface area (Å²) in [6.45, 7) is 4.17. The lowest BCUT2D eigenvalue weighted by Gasteiger charge is -2.14. The van der Waals surface area contributed by atoms with Crippen LogP contribution in [0.5, 0.6) is 0 Å². The van der Waals surface area contributed by atoms with Crippen molar-refractivity contribution in [2.45, 2.75) is 13.8 Å². The van der Waals surface area contributed by atoms with Crippen LogP contribution in [0.3, 0.4) is 0 Å². The summed E-state index contributed by atoms with van der Waals surface area (Å²) in [6.07, 6.45) is 0. The van der Waals surface area contributed by atoms with E-state index in [1.807, 2.05) is 6.92 Å². The van der Waals surface area contributed by atoms with Gasteiger partial charge < -0.3 is 9.42 Å². The van der Waals surface area contributed by atoms with E-state index >= 15 is 0 Å². The molecule has 1 heterocycles. The van der Waals surface area contributed by atoms with E-state index in [2.05, 4.69) is 5.16 Å². The first kappa shape index (κ1) is 14.9. The highest BCUT2D eigenvalue weighted by molar-refractivity contribution is 6.39. The van der Waals surface area contributed by atoms with Crippen molar-refractivity contribution in [3.8, 4) is 11.3 Å². The van der Waals surface area contributed by atoms with Gasteiger partial charge in [-0.2, -0.15) is 0 Å². The zero-order chi connectivity index (χ0) is 14.9. The Kier molecular flexibility index (Phi) is 4.35. The van der Waals surface area contributed by atoms with E-state index in [1.54, 1.807) is 37.1 Å². The van der Waals surface area contributed by atoms with E-state index < -0.39 is 0 Å². The van der Waals surface area contributed by atoms with Crippen molar-refractivity contribution in [1.29, 1.82) is 0 Å². The molecule has 0 bridgehead atoms. The third-order valence-corrected chi connectivity index (χ3v) is 3.73. The maximum atomic E-state index is 12.4. The summed E-state index contributed by atoms with van der Waals surface area (Å²) in [4.78, 5) is 14.0. The Morgan fingerprint density at radius 2 is 1.95 bits per heavy atom. The summed E-state index contributed by atoms with van der Waals surface area (Å²) in [5.41, 5.74) is 1.29. The molecule has 2 rings (SSSR count). The molecule has 106 valence electrons. The average Bonchev–Trinajstić information content (AvgIpc) is 2.78. The van der Waals surface area contributed by atoms with Crippen molar-refractivity contribution < 1.29 is 9.32 Å². The number of nitrogens with zero attached hydrogens (tertiary/aromatic N) is 2. The summed E-state index contributed by atoms with van der Waals surface area (Å²) >= 11 is 12.3. The summed E-state index contributed by atoms with van der Waals surface area (Å²) in [5, 5.41) is 4.81. The minimum atomic E-state index is -0.169. The number of carbonyl (C=O) groups excluding carboxylic acids is 1. The second kappa shape index (κ2) is 5.85. The molecule has 2 aromatic rings. The SMILES string of the molecule is CCN(C)C(=O)c1c(-c2c(Cl)cccc2Cl)noc1C. The molecule has 0 saturated heterocycles. The van der Waals surface area contributed by atoms with Crippen LogP contribution in [0.25, 0.3) is 11.3 Å². The van der Waals surface area contributed by atoms with Crippen molar-refractivity contribution in [3.63, 3.8) is 0 Å². The van der Waals surface area contributed by atoms with Gasteiger partial charge in [0, 0.05) is 19.2 Å². The van der Waals surface area contributed by atoms with Gasteiger partial charge >= 0.3 is 0 Å². The Labute approximate surface area is 127 Å². The molecule has 1 amide bonds. The highest BCUT2D eigenvalue weighted by atomic mass is 35.5. The number of aromatic nitrogens is 1. The summed E-state index contributed by atoms with van der Waals surface area (Å²) in [6, 6.07) is 5.13. The molecule has 0 spiro atoms. The largest absolute Gasteiger partial charge is 0.360 e. The molecular weight excluding hydrogens is 299 g/mol.